The van der Waals surface area contributed by atoms with E-state index in [4.69, 9.17) is 46.6 Å². The van der Waals surface area contributed by atoms with E-state index in [1.54, 1.807) is 0 Å². The van der Waals surface area contributed by atoms with Gasteiger partial charge in [0.2, 0.25) is 0 Å². The number of rotatable bonds is 0. The topological polar surface area (TPSA) is 204 Å². The third-order valence-corrected chi connectivity index (χ3v) is 0. The van der Waals surface area contributed by atoms with Crippen molar-refractivity contribution in [3.05, 3.63) is 0 Å². The van der Waals surface area contributed by atoms with Gasteiger partial charge in [-0.25, -0.2) is 0 Å². The summed E-state index contributed by atoms with van der Waals surface area (Å²) in [7, 11) is -8.55. The first kappa shape index (κ1) is 29.6. The van der Waals surface area contributed by atoms with Gasteiger partial charge in [-0.1, -0.05) is 0 Å². The van der Waals surface area contributed by atoms with Crippen molar-refractivity contribution in [2.75, 3.05) is 0 Å². The minimum absolute atomic E-state index is 0. The SMILES string of the molecule is O=C([O-])[O-].O=S(=O)([O-])[O-].O=[Si]([O-])O.[Al+3].[Ca+2]. The first-order chi connectivity index (χ1) is 5.46. The van der Waals surface area contributed by atoms with E-state index < -0.39 is 25.7 Å². The summed E-state index contributed by atoms with van der Waals surface area (Å²) in [5, 5.41) is 16.7. The molecule has 0 saturated carbocycles. The zero-order valence-corrected chi connectivity index (χ0v) is 12.0. The Morgan fingerprint density at radius 1 is 1.20 bits per heavy atom. The fraction of sp³-hybridized carbons (Fsp3) is 0. The van der Waals surface area contributed by atoms with Gasteiger partial charge in [0.05, 0.1) is 0 Å². The Balaban J connectivity index is -0.0000000315. The average molecular weight is 300 g/mol. The molecule has 0 radical (unpaired) electrons. The standard InChI is InChI=1S/CH2O3.Al.Ca.H2O4S.HO3Si/c2-1(3)4;;;1-5(2,3)4;1-4(2)3/h(H2,2,3,4);;;(H2,1,2,3,4);1H/q;+3;+2;;-1/p-4. The second kappa shape index (κ2) is 17.0. The monoisotopic (exact) mass is 300 g/mol. The van der Waals surface area contributed by atoms with E-state index >= 15 is 0 Å². The molecule has 0 fully saturated rings. The van der Waals surface area contributed by atoms with Crippen molar-refractivity contribution in [1.29, 1.82) is 0 Å². The molecule has 0 atom stereocenters. The van der Waals surface area contributed by atoms with Crippen LogP contribution < -0.4 is 15.0 Å². The van der Waals surface area contributed by atoms with Crippen LogP contribution in [0.3, 0.4) is 0 Å². The third kappa shape index (κ3) is 7600. The van der Waals surface area contributed by atoms with Crippen LogP contribution in [0, 0.1) is 0 Å². The second-order valence-electron chi connectivity index (χ2n) is 0.924. The Labute approximate surface area is 126 Å². The maximum Gasteiger partial charge on any atom is 3.00 e. The van der Waals surface area contributed by atoms with Crippen LogP contribution in [0.4, 0.5) is 4.79 Å². The maximum atomic E-state index is 8.63. The van der Waals surface area contributed by atoms with Crippen molar-refractivity contribution in [3.8, 4) is 0 Å². The van der Waals surface area contributed by atoms with Gasteiger partial charge in [-0.05, 0) is 6.16 Å². The Morgan fingerprint density at radius 2 is 1.20 bits per heavy atom. The van der Waals surface area contributed by atoms with Crippen molar-refractivity contribution in [2.45, 2.75) is 0 Å². The van der Waals surface area contributed by atoms with Crippen LogP contribution in [0.15, 0.2) is 0 Å². The Bertz CT molecular complexity index is 220. The van der Waals surface area contributed by atoms with Crippen molar-refractivity contribution >= 4 is 80.8 Å². The van der Waals surface area contributed by atoms with E-state index in [0.29, 0.717) is 0 Å². The predicted molar refractivity (Wildman–Crippen MR) is 36.0 cm³/mol. The van der Waals surface area contributed by atoms with Crippen LogP contribution in [0.1, 0.15) is 0 Å². The summed E-state index contributed by atoms with van der Waals surface area (Å²) >= 11 is 0. The van der Waals surface area contributed by atoms with E-state index in [2.05, 4.69) is 0 Å². The molecule has 0 spiro atoms. The van der Waals surface area contributed by atoms with Gasteiger partial charge < -0.3 is 38.2 Å². The zero-order chi connectivity index (χ0) is 11.7. The minimum Gasteiger partial charge on any atom is -0.759 e. The summed E-state index contributed by atoms with van der Waals surface area (Å²) in [6.45, 7) is 0. The molecule has 10 nitrogen and oxygen atoms in total. The smallest absolute Gasteiger partial charge is 0.759 e. The van der Waals surface area contributed by atoms with Crippen LogP contribution >= 0.6 is 0 Å². The molecule has 0 saturated heterocycles. The van der Waals surface area contributed by atoms with Gasteiger partial charge in [-0.2, -0.15) is 0 Å². The molecule has 0 aromatic rings. The molecule has 14 heteroatoms. The summed E-state index contributed by atoms with van der Waals surface area (Å²) in [6.07, 6.45) is -2.33. The zero-order valence-electron chi connectivity index (χ0n) is 6.81. The molecular weight excluding hydrogens is 299 g/mol. The summed E-state index contributed by atoms with van der Waals surface area (Å²) in [4.78, 5) is 24.0. The molecule has 1 N–H and O–H groups in total. The number of hydrogen-bond donors (Lipinski definition) is 1. The molecule has 0 unspecified atom stereocenters. The van der Waals surface area contributed by atoms with Crippen molar-refractivity contribution in [3.63, 3.8) is 0 Å². The number of carbonyl (C=O) groups is 1. The largest absolute Gasteiger partial charge is 3.00 e. The molecule has 80 valence electrons. The molecule has 15 heavy (non-hydrogen) atoms. The second-order valence-corrected chi connectivity index (χ2v) is 2.27. The van der Waals surface area contributed by atoms with Gasteiger partial charge in [-0.15, -0.1) is 0 Å². The fourth-order valence-corrected chi connectivity index (χ4v) is 0. The van der Waals surface area contributed by atoms with Crippen molar-refractivity contribution in [2.24, 2.45) is 0 Å². The van der Waals surface area contributed by atoms with E-state index in [9.17, 15) is 0 Å². The minimum atomic E-state index is -5.17. The van der Waals surface area contributed by atoms with Gasteiger partial charge in [0, 0.05) is 10.4 Å². The number of carboxylic acid groups (broad SMARTS) is 2. The number of carbonyl (C=O) groups excluding carboxylic acids is 1. The predicted octanol–water partition coefficient (Wildman–Crippen LogP) is -6.79. The van der Waals surface area contributed by atoms with Gasteiger partial charge in [0.1, 0.15) is 0 Å². The van der Waals surface area contributed by atoms with Crippen LogP contribution in [0.2, 0.25) is 0 Å². The van der Waals surface area contributed by atoms with Crippen LogP contribution in [0.25, 0.3) is 0 Å². The van der Waals surface area contributed by atoms with E-state index in [1.165, 1.54) is 0 Å². The quantitative estimate of drug-likeness (QED) is 0.254. The molecule has 0 aromatic heterocycles. The molecular formula is CHAlCaO10SSi. The van der Waals surface area contributed by atoms with Crippen molar-refractivity contribution < 1.29 is 46.6 Å². The first-order valence-corrected chi connectivity index (χ1v) is 4.51. The average Bonchev–Trinajstić information content (AvgIpc) is 1.50. The molecule has 0 aliphatic carbocycles. The molecule has 0 aliphatic rings. The summed E-state index contributed by atoms with van der Waals surface area (Å²) < 4.78 is 42.7. The Kier molecular flexibility index (Phi) is 33.4. The molecule has 0 heterocycles. The van der Waals surface area contributed by atoms with Gasteiger partial charge in [0.25, 0.3) is 0 Å². The van der Waals surface area contributed by atoms with Crippen molar-refractivity contribution in [1.82, 2.24) is 0 Å². The third-order valence-electron chi connectivity index (χ3n) is 0. The molecule has 0 bridgehead atoms. The van der Waals surface area contributed by atoms with E-state index in [0.717, 1.165) is 0 Å². The van der Waals surface area contributed by atoms with Crippen LogP contribution in [-0.4, -0.2) is 92.7 Å². The molecule has 0 rings (SSSR count). The Morgan fingerprint density at radius 3 is 1.20 bits per heavy atom. The van der Waals surface area contributed by atoms with Gasteiger partial charge >= 0.3 is 64.3 Å². The Hall–Kier alpha value is 0.549. The summed E-state index contributed by atoms with van der Waals surface area (Å²) in [5.74, 6) is 0. The van der Waals surface area contributed by atoms with E-state index in [1.807, 2.05) is 0 Å². The molecule has 0 amide bonds. The number of hydrogen-bond acceptors (Lipinski definition) is 9. The normalized spacial score (nSPS) is 7.07. The molecule has 0 aromatic carbocycles. The van der Waals surface area contributed by atoms with Gasteiger partial charge in [0.15, 0.2) is 0 Å². The van der Waals surface area contributed by atoms with Crippen LogP contribution in [0.5, 0.6) is 0 Å². The summed E-state index contributed by atoms with van der Waals surface area (Å²) in [5.41, 5.74) is 0. The fourth-order valence-electron chi connectivity index (χ4n) is 0. The van der Waals surface area contributed by atoms with Gasteiger partial charge in [-0.3, -0.25) is 8.42 Å². The summed E-state index contributed by atoms with van der Waals surface area (Å²) in [6, 6.07) is 0. The van der Waals surface area contributed by atoms with E-state index in [-0.39, 0.29) is 55.1 Å². The first-order valence-electron chi connectivity index (χ1n) is 1.91. The van der Waals surface area contributed by atoms with Crippen LogP contribution in [-0.2, 0) is 14.9 Å². The molecule has 0 aliphatic heterocycles. The maximum absolute atomic E-state index is 8.63.